The summed E-state index contributed by atoms with van der Waals surface area (Å²) in [7, 11) is 0. The number of carbonyl (C=O) groups excluding carboxylic acids is 1. The summed E-state index contributed by atoms with van der Waals surface area (Å²) >= 11 is 3.39. The van der Waals surface area contributed by atoms with E-state index in [1.165, 1.54) is 0 Å². The molecule has 0 unspecified atom stereocenters. The van der Waals surface area contributed by atoms with Crippen molar-refractivity contribution in [2.24, 2.45) is 0 Å². The number of fused-ring (bicyclic) bond motifs is 1. The maximum Gasteiger partial charge on any atom is 0.310 e. The van der Waals surface area contributed by atoms with Crippen molar-refractivity contribution in [1.29, 1.82) is 0 Å². The van der Waals surface area contributed by atoms with Gasteiger partial charge in [-0.25, -0.2) is 0 Å². The SMILES string of the molecule is CCOC(=O)Cc1cc2c(cc1Br)OCO2. The Hall–Kier alpha value is -1.23. The molecule has 5 heteroatoms. The molecule has 0 saturated carbocycles. The van der Waals surface area contributed by atoms with Crippen LogP contribution in [0.1, 0.15) is 12.5 Å². The Kier molecular flexibility index (Phi) is 3.33. The van der Waals surface area contributed by atoms with Crippen molar-refractivity contribution in [1.82, 2.24) is 0 Å². The Morgan fingerprint density at radius 1 is 1.44 bits per heavy atom. The van der Waals surface area contributed by atoms with E-state index < -0.39 is 0 Å². The molecule has 0 radical (unpaired) electrons. The zero-order valence-electron chi connectivity index (χ0n) is 8.79. The van der Waals surface area contributed by atoms with Crippen molar-refractivity contribution in [2.75, 3.05) is 13.4 Å². The first-order valence-corrected chi connectivity index (χ1v) is 5.73. The molecule has 1 aliphatic rings. The third-order valence-corrected chi connectivity index (χ3v) is 2.92. The van der Waals surface area contributed by atoms with Gasteiger partial charge in [0.05, 0.1) is 13.0 Å². The monoisotopic (exact) mass is 286 g/mol. The average Bonchev–Trinajstić information content (AvgIpc) is 2.65. The Morgan fingerprint density at radius 3 is 2.81 bits per heavy atom. The summed E-state index contributed by atoms with van der Waals surface area (Å²) in [5.41, 5.74) is 0.836. The smallest absolute Gasteiger partial charge is 0.310 e. The topological polar surface area (TPSA) is 44.8 Å². The van der Waals surface area contributed by atoms with Crippen LogP contribution in [0.25, 0.3) is 0 Å². The van der Waals surface area contributed by atoms with Crippen molar-refractivity contribution < 1.29 is 19.0 Å². The molecule has 0 spiro atoms. The zero-order valence-corrected chi connectivity index (χ0v) is 10.4. The van der Waals surface area contributed by atoms with Gasteiger partial charge in [0.25, 0.3) is 0 Å². The summed E-state index contributed by atoms with van der Waals surface area (Å²) in [6.45, 7) is 2.40. The molecule has 86 valence electrons. The van der Waals surface area contributed by atoms with E-state index in [2.05, 4.69) is 15.9 Å². The maximum absolute atomic E-state index is 11.3. The Labute approximate surface area is 102 Å². The van der Waals surface area contributed by atoms with Crippen molar-refractivity contribution in [2.45, 2.75) is 13.3 Å². The molecule has 0 fully saturated rings. The summed E-state index contributed by atoms with van der Waals surface area (Å²) in [4.78, 5) is 11.3. The lowest BCUT2D eigenvalue weighted by atomic mass is 10.1. The molecule has 2 rings (SSSR count). The van der Waals surface area contributed by atoms with Gasteiger partial charge in [0, 0.05) is 4.47 Å². The first-order valence-electron chi connectivity index (χ1n) is 4.94. The van der Waals surface area contributed by atoms with E-state index in [9.17, 15) is 4.79 Å². The normalized spacial score (nSPS) is 12.6. The molecule has 0 bridgehead atoms. The van der Waals surface area contributed by atoms with Gasteiger partial charge in [-0.05, 0) is 24.6 Å². The third kappa shape index (κ3) is 2.29. The van der Waals surface area contributed by atoms with E-state index in [1.807, 2.05) is 0 Å². The molecule has 1 aromatic carbocycles. The number of esters is 1. The number of hydrogen-bond acceptors (Lipinski definition) is 4. The van der Waals surface area contributed by atoms with Crippen LogP contribution in [-0.4, -0.2) is 19.4 Å². The number of benzene rings is 1. The van der Waals surface area contributed by atoms with E-state index >= 15 is 0 Å². The molecule has 16 heavy (non-hydrogen) atoms. The van der Waals surface area contributed by atoms with Gasteiger partial charge in [-0.15, -0.1) is 0 Å². The highest BCUT2D eigenvalue weighted by Crippen LogP contribution is 2.37. The van der Waals surface area contributed by atoms with Crippen LogP contribution < -0.4 is 9.47 Å². The lowest BCUT2D eigenvalue weighted by Gasteiger charge is -2.06. The van der Waals surface area contributed by atoms with Gasteiger partial charge in [0.2, 0.25) is 6.79 Å². The van der Waals surface area contributed by atoms with Crippen LogP contribution in [0, 0.1) is 0 Å². The van der Waals surface area contributed by atoms with Crippen molar-refractivity contribution >= 4 is 21.9 Å². The van der Waals surface area contributed by atoms with E-state index in [1.54, 1.807) is 19.1 Å². The molecule has 0 aromatic heterocycles. The maximum atomic E-state index is 11.3. The minimum atomic E-state index is -0.248. The van der Waals surface area contributed by atoms with E-state index in [0.29, 0.717) is 18.1 Å². The lowest BCUT2D eigenvalue weighted by molar-refractivity contribution is -0.142. The van der Waals surface area contributed by atoms with Crippen LogP contribution in [0.5, 0.6) is 11.5 Å². The largest absolute Gasteiger partial charge is 0.466 e. The summed E-state index contributed by atoms with van der Waals surface area (Å²) in [6.07, 6.45) is 0.227. The second kappa shape index (κ2) is 4.74. The highest BCUT2D eigenvalue weighted by molar-refractivity contribution is 9.10. The molecule has 1 aliphatic heterocycles. The molecule has 0 atom stereocenters. The summed E-state index contributed by atoms with van der Waals surface area (Å²) in [5.74, 6) is 1.11. The number of hydrogen-bond donors (Lipinski definition) is 0. The number of halogens is 1. The quantitative estimate of drug-likeness (QED) is 0.800. The molecule has 0 amide bonds. The van der Waals surface area contributed by atoms with E-state index in [-0.39, 0.29) is 19.2 Å². The minimum absolute atomic E-state index is 0.227. The molecule has 4 nitrogen and oxygen atoms in total. The van der Waals surface area contributed by atoms with Crippen molar-refractivity contribution in [3.63, 3.8) is 0 Å². The molecule has 0 N–H and O–H groups in total. The van der Waals surface area contributed by atoms with Gasteiger partial charge in [0.1, 0.15) is 0 Å². The van der Waals surface area contributed by atoms with Crippen LogP contribution in [-0.2, 0) is 16.0 Å². The molecular formula is C11H11BrO4. The molecule has 0 aliphatic carbocycles. The van der Waals surface area contributed by atoms with Crippen LogP contribution in [0.15, 0.2) is 16.6 Å². The van der Waals surface area contributed by atoms with Crippen LogP contribution in [0.4, 0.5) is 0 Å². The Balaban J connectivity index is 2.18. The number of rotatable bonds is 3. The molecule has 1 heterocycles. The fourth-order valence-electron chi connectivity index (χ4n) is 1.46. The second-order valence-corrected chi connectivity index (χ2v) is 4.13. The Morgan fingerprint density at radius 2 is 2.12 bits per heavy atom. The summed E-state index contributed by atoms with van der Waals surface area (Å²) in [5, 5.41) is 0. The van der Waals surface area contributed by atoms with Crippen molar-refractivity contribution in [3.05, 3.63) is 22.2 Å². The van der Waals surface area contributed by atoms with Crippen molar-refractivity contribution in [3.8, 4) is 11.5 Å². The molecule has 0 saturated heterocycles. The third-order valence-electron chi connectivity index (χ3n) is 2.18. The number of ether oxygens (including phenoxy) is 3. The van der Waals surface area contributed by atoms with Crippen LogP contribution >= 0.6 is 15.9 Å². The zero-order chi connectivity index (χ0) is 11.5. The lowest BCUT2D eigenvalue weighted by Crippen LogP contribution is -2.07. The summed E-state index contributed by atoms with van der Waals surface area (Å²) < 4.78 is 16.2. The highest BCUT2D eigenvalue weighted by atomic mass is 79.9. The van der Waals surface area contributed by atoms with Gasteiger partial charge in [-0.3, -0.25) is 4.79 Å². The van der Waals surface area contributed by atoms with Gasteiger partial charge >= 0.3 is 5.97 Å². The van der Waals surface area contributed by atoms with Crippen LogP contribution in [0.3, 0.4) is 0 Å². The molecular weight excluding hydrogens is 276 g/mol. The first kappa shape index (κ1) is 11.3. The Bertz CT molecular complexity index is 417. The second-order valence-electron chi connectivity index (χ2n) is 3.28. The number of carbonyl (C=O) groups is 1. The van der Waals surface area contributed by atoms with Gasteiger partial charge in [-0.2, -0.15) is 0 Å². The highest BCUT2D eigenvalue weighted by Gasteiger charge is 2.17. The van der Waals surface area contributed by atoms with Crippen LogP contribution in [0.2, 0.25) is 0 Å². The fraction of sp³-hybridized carbons (Fsp3) is 0.364. The summed E-state index contributed by atoms with van der Waals surface area (Å²) in [6, 6.07) is 3.60. The predicted molar refractivity (Wildman–Crippen MR) is 60.6 cm³/mol. The fourth-order valence-corrected chi connectivity index (χ4v) is 1.92. The molecule has 1 aromatic rings. The van der Waals surface area contributed by atoms with Gasteiger partial charge in [0.15, 0.2) is 11.5 Å². The van der Waals surface area contributed by atoms with Gasteiger partial charge < -0.3 is 14.2 Å². The predicted octanol–water partition coefficient (Wildman–Crippen LogP) is 2.28. The van der Waals surface area contributed by atoms with E-state index in [4.69, 9.17) is 14.2 Å². The van der Waals surface area contributed by atoms with Gasteiger partial charge in [-0.1, -0.05) is 15.9 Å². The standard InChI is InChI=1S/C11H11BrO4/c1-2-14-11(13)4-7-3-9-10(5-8(7)12)16-6-15-9/h3,5H,2,4,6H2,1H3. The average molecular weight is 287 g/mol. The first-order chi connectivity index (χ1) is 7.70. The van der Waals surface area contributed by atoms with E-state index in [0.717, 1.165) is 10.0 Å². The minimum Gasteiger partial charge on any atom is -0.466 e.